The highest BCUT2D eigenvalue weighted by molar-refractivity contribution is 5.98. The van der Waals surface area contributed by atoms with E-state index in [1.54, 1.807) is 4.68 Å². The summed E-state index contributed by atoms with van der Waals surface area (Å²) in [5.74, 6) is 0.0855. The number of rotatable bonds is 4. The number of para-hydroxylation sites is 1. The SMILES string of the molecule is O=C(COCc1ccccc1)N=C(N1CCOCC1)n1nnc2ccccc21. The average molecular weight is 379 g/mol. The number of carbonyl (C=O) groups is 1. The minimum Gasteiger partial charge on any atom is -0.378 e. The van der Waals surface area contributed by atoms with Crippen molar-refractivity contribution < 1.29 is 14.3 Å². The van der Waals surface area contributed by atoms with Crippen molar-refractivity contribution in [2.75, 3.05) is 32.9 Å². The largest absolute Gasteiger partial charge is 0.378 e. The van der Waals surface area contributed by atoms with Gasteiger partial charge in [0.15, 0.2) is 0 Å². The number of ether oxygens (including phenoxy) is 2. The number of nitrogens with zero attached hydrogens (tertiary/aromatic N) is 5. The second kappa shape index (κ2) is 8.73. The van der Waals surface area contributed by atoms with Crippen LogP contribution in [0.15, 0.2) is 59.6 Å². The van der Waals surface area contributed by atoms with Crippen LogP contribution in [-0.2, 0) is 20.9 Å². The van der Waals surface area contributed by atoms with Gasteiger partial charge in [0, 0.05) is 13.1 Å². The number of aliphatic imine (C=N–C) groups is 1. The second-order valence-corrected chi connectivity index (χ2v) is 6.37. The summed E-state index contributed by atoms with van der Waals surface area (Å²) in [5.41, 5.74) is 2.55. The standard InChI is InChI=1S/C20H21N5O3/c26-19(15-28-14-16-6-2-1-3-7-16)21-20(24-10-12-27-13-11-24)25-18-9-5-4-8-17(18)22-23-25/h1-9H,10-15H2. The second-order valence-electron chi connectivity index (χ2n) is 6.37. The van der Waals surface area contributed by atoms with Gasteiger partial charge in [-0.3, -0.25) is 4.79 Å². The van der Waals surface area contributed by atoms with Crippen LogP contribution in [0.2, 0.25) is 0 Å². The third-order valence-electron chi connectivity index (χ3n) is 4.40. The Kier molecular flexibility index (Phi) is 5.69. The molecule has 3 aromatic rings. The highest BCUT2D eigenvalue weighted by Crippen LogP contribution is 2.12. The Morgan fingerprint density at radius 2 is 1.82 bits per heavy atom. The van der Waals surface area contributed by atoms with Gasteiger partial charge in [0.1, 0.15) is 12.1 Å². The van der Waals surface area contributed by atoms with Crippen LogP contribution in [0.5, 0.6) is 0 Å². The maximum atomic E-state index is 12.5. The summed E-state index contributed by atoms with van der Waals surface area (Å²) in [6.45, 7) is 2.67. The third kappa shape index (κ3) is 4.24. The van der Waals surface area contributed by atoms with E-state index in [-0.39, 0.29) is 12.5 Å². The Labute approximate surface area is 162 Å². The zero-order valence-electron chi connectivity index (χ0n) is 15.4. The molecule has 0 atom stereocenters. The monoisotopic (exact) mass is 379 g/mol. The quantitative estimate of drug-likeness (QED) is 0.507. The summed E-state index contributed by atoms with van der Waals surface area (Å²) >= 11 is 0. The molecule has 8 heteroatoms. The first-order valence-electron chi connectivity index (χ1n) is 9.18. The van der Waals surface area contributed by atoms with Crippen LogP contribution < -0.4 is 0 Å². The van der Waals surface area contributed by atoms with Crippen molar-refractivity contribution in [2.45, 2.75) is 6.61 Å². The zero-order chi connectivity index (χ0) is 19.2. The van der Waals surface area contributed by atoms with E-state index in [1.807, 2.05) is 59.5 Å². The molecule has 8 nitrogen and oxygen atoms in total. The lowest BCUT2D eigenvalue weighted by molar-refractivity contribution is -0.122. The molecule has 28 heavy (non-hydrogen) atoms. The molecule has 2 heterocycles. The summed E-state index contributed by atoms with van der Waals surface area (Å²) in [7, 11) is 0. The van der Waals surface area contributed by atoms with E-state index in [1.165, 1.54) is 0 Å². The van der Waals surface area contributed by atoms with Gasteiger partial charge < -0.3 is 14.4 Å². The van der Waals surface area contributed by atoms with Crippen molar-refractivity contribution in [3.05, 3.63) is 60.2 Å². The number of fused-ring (bicyclic) bond motifs is 1. The Hall–Kier alpha value is -3.10. The fourth-order valence-electron chi connectivity index (χ4n) is 3.01. The maximum Gasteiger partial charge on any atom is 0.274 e. The highest BCUT2D eigenvalue weighted by Gasteiger charge is 2.21. The van der Waals surface area contributed by atoms with Crippen molar-refractivity contribution in [3.63, 3.8) is 0 Å². The molecule has 1 aliphatic heterocycles. The van der Waals surface area contributed by atoms with E-state index >= 15 is 0 Å². The van der Waals surface area contributed by atoms with Gasteiger partial charge in [-0.05, 0) is 17.7 Å². The molecule has 1 aromatic heterocycles. The van der Waals surface area contributed by atoms with Crippen molar-refractivity contribution >= 4 is 22.9 Å². The van der Waals surface area contributed by atoms with E-state index < -0.39 is 0 Å². The maximum absolute atomic E-state index is 12.5. The van der Waals surface area contributed by atoms with Crippen LogP contribution in [-0.4, -0.2) is 64.7 Å². The van der Waals surface area contributed by atoms with Gasteiger partial charge in [0.2, 0.25) is 5.96 Å². The lowest BCUT2D eigenvalue weighted by Crippen LogP contribution is -2.44. The fourth-order valence-corrected chi connectivity index (χ4v) is 3.01. The summed E-state index contributed by atoms with van der Waals surface area (Å²) in [6, 6.07) is 17.3. The number of hydrogen-bond acceptors (Lipinski definition) is 5. The van der Waals surface area contributed by atoms with E-state index in [4.69, 9.17) is 9.47 Å². The average Bonchev–Trinajstić information content (AvgIpc) is 3.17. The molecule has 1 aliphatic rings. The normalized spacial score (nSPS) is 15.1. The molecule has 144 valence electrons. The van der Waals surface area contributed by atoms with Gasteiger partial charge in [-0.25, -0.2) is 0 Å². The van der Waals surface area contributed by atoms with Crippen LogP contribution in [0.1, 0.15) is 5.56 Å². The fraction of sp³-hybridized carbons (Fsp3) is 0.300. The molecular weight excluding hydrogens is 358 g/mol. The number of hydrogen-bond donors (Lipinski definition) is 0. The Morgan fingerprint density at radius 1 is 1.07 bits per heavy atom. The van der Waals surface area contributed by atoms with Crippen molar-refractivity contribution in [1.29, 1.82) is 0 Å². The van der Waals surface area contributed by atoms with Crippen LogP contribution in [0.25, 0.3) is 11.0 Å². The molecule has 0 spiro atoms. The molecule has 0 bridgehead atoms. The molecule has 1 saturated heterocycles. The van der Waals surface area contributed by atoms with Crippen LogP contribution in [0.4, 0.5) is 0 Å². The number of morpholine rings is 1. The first-order chi connectivity index (χ1) is 13.8. The number of amides is 1. The first kappa shape index (κ1) is 18.3. The van der Waals surface area contributed by atoms with E-state index in [0.29, 0.717) is 38.9 Å². The molecule has 2 aromatic carbocycles. The Morgan fingerprint density at radius 3 is 2.64 bits per heavy atom. The molecular formula is C20H21N5O3. The van der Waals surface area contributed by atoms with Crippen molar-refractivity contribution in [3.8, 4) is 0 Å². The minimum atomic E-state index is -0.364. The molecule has 0 saturated carbocycles. The predicted octanol–water partition coefficient (Wildman–Crippen LogP) is 1.71. The topological polar surface area (TPSA) is 81.8 Å². The molecule has 1 fully saturated rings. The molecule has 0 radical (unpaired) electrons. The number of aromatic nitrogens is 3. The zero-order valence-corrected chi connectivity index (χ0v) is 15.4. The van der Waals surface area contributed by atoms with Gasteiger partial charge >= 0.3 is 0 Å². The molecule has 1 amide bonds. The molecule has 0 N–H and O–H groups in total. The highest BCUT2D eigenvalue weighted by atomic mass is 16.5. The summed E-state index contributed by atoms with van der Waals surface area (Å²) in [4.78, 5) is 18.8. The van der Waals surface area contributed by atoms with Crippen LogP contribution >= 0.6 is 0 Å². The lowest BCUT2D eigenvalue weighted by Gasteiger charge is -2.29. The molecule has 4 rings (SSSR count). The van der Waals surface area contributed by atoms with Crippen molar-refractivity contribution in [2.24, 2.45) is 4.99 Å². The van der Waals surface area contributed by atoms with Crippen LogP contribution in [0.3, 0.4) is 0 Å². The third-order valence-corrected chi connectivity index (χ3v) is 4.40. The first-order valence-corrected chi connectivity index (χ1v) is 9.18. The summed E-state index contributed by atoms with van der Waals surface area (Å²) < 4.78 is 12.6. The van der Waals surface area contributed by atoms with E-state index in [2.05, 4.69) is 15.3 Å². The van der Waals surface area contributed by atoms with Gasteiger partial charge in [-0.2, -0.15) is 9.67 Å². The summed E-state index contributed by atoms with van der Waals surface area (Å²) in [5, 5.41) is 8.39. The predicted molar refractivity (Wildman–Crippen MR) is 104 cm³/mol. The van der Waals surface area contributed by atoms with Gasteiger partial charge in [0.05, 0.1) is 25.3 Å². The molecule has 0 aliphatic carbocycles. The lowest BCUT2D eigenvalue weighted by atomic mass is 10.2. The molecule has 0 unspecified atom stereocenters. The van der Waals surface area contributed by atoms with Gasteiger partial charge in [-0.1, -0.05) is 47.7 Å². The minimum absolute atomic E-state index is 0.102. The Balaban J connectivity index is 1.53. The number of carbonyl (C=O) groups excluding carboxylic acids is 1. The van der Waals surface area contributed by atoms with Crippen molar-refractivity contribution in [1.82, 2.24) is 19.9 Å². The summed E-state index contributed by atoms with van der Waals surface area (Å²) in [6.07, 6.45) is 0. The number of benzene rings is 2. The Bertz CT molecular complexity index is 964. The smallest absolute Gasteiger partial charge is 0.274 e. The van der Waals surface area contributed by atoms with Gasteiger partial charge in [-0.15, -0.1) is 5.10 Å². The van der Waals surface area contributed by atoms with E-state index in [0.717, 1.165) is 16.6 Å². The van der Waals surface area contributed by atoms with Crippen LogP contribution in [0, 0.1) is 0 Å². The van der Waals surface area contributed by atoms with E-state index in [9.17, 15) is 4.79 Å². The van der Waals surface area contributed by atoms with Gasteiger partial charge in [0.25, 0.3) is 5.91 Å².